The van der Waals surface area contributed by atoms with Crippen molar-refractivity contribution >= 4 is 0 Å². The van der Waals surface area contributed by atoms with Crippen molar-refractivity contribution in [1.82, 2.24) is 0 Å². The number of hydrogen-bond acceptors (Lipinski definition) is 0. The highest BCUT2D eigenvalue weighted by Gasteiger charge is 2.40. The predicted octanol–water partition coefficient (Wildman–Crippen LogP) is 6.34. The summed E-state index contributed by atoms with van der Waals surface area (Å²) >= 11 is 0. The zero-order valence-corrected chi connectivity index (χ0v) is 12.9. The zero-order chi connectivity index (χ0) is 12.9. The third-order valence-corrected chi connectivity index (χ3v) is 6.64. The van der Waals surface area contributed by atoms with E-state index in [1.165, 1.54) is 43.9 Å². The van der Waals surface area contributed by atoms with Crippen LogP contribution in [0.5, 0.6) is 0 Å². The molecule has 0 aliphatic heterocycles. The van der Waals surface area contributed by atoms with E-state index in [1.807, 2.05) is 0 Å². The minimum Gasteiger partial charge on any atom is -0.0533 e. The van der Waals surface area contributed by atoms with Crippen LogP contribution < -0.4 is 0 Å². The van der Waals surface area contributed by atoms with Gasteiger partial charge in [-0.05, 0) is 49.4 Å². The van der Waals surface area contributed by atoms with Crippen molar-refractivity contribution in [3.63, 3.8) is 0 Å². The second kappa shape index (κ2) is 7.14. The molecule has 19 heavy (non-hydrogen) atoms. The molecule has 110 valence electrons. The van der Waals surface area contributed by atoms with Crippen molar-refractivity contribution in [2.24, 2.45) is 23.7 Å². The summed E-state index contributed by atoms with van der Waals surface area (Å²) in [5.41, 5.74) is 0. The van der Waals surface area contributed by atoms with E-state index in [0.29, 0.717) is 0 Å². The van der Waals surface area contributed by atoms with Gasteiger partial charge in [0.2, 0.25) is 0 Å². The van der Waals surface area contributed by atoms with Crippen molar-refractivity contribution in [3.8, 4) is 0 Å². The molecule has 0 saturated heterocycles. The van der Waals surface area contributed by atoms with Crippen LogP contribution in [-0.2, 0) is 0 Å². The lowest BCUT2D eigenvalue weighted by molar-refractivity contribution is 0.0278. The van der Waals surface area contributed by atoms with Gasteiger partial charge in [-0.3, -0.25) is 0 Å². The van der Waals surface area contributed by atoms with Gasteiger partial charge in [0.05, 0.1) is 0 Å². The summed E-state index contributed by atoms with van der Waals surface area (Å²) < 4.78 is 0. The molecule has 0 heteroatoms. The molecule has 0 aromatic rings. The number of fused-ring (bicyclic) bond motifs is 3. The number of hydrogen-bond donors (Lipinski definition) is 0. The minimum absolute atomic E-state index is 1.16. The van der Waals surface area contributed by atoms with Crippen LogP contribution in [0.1, 0.15) is 96.3 Å². The highest BCUT2D eigenvalue weighted by atomic mass is 14.5. The van der Waals surface area contributed by atoms with E-state index in [1.54, 1.807) is 64.2 Å². The van der Waals surface area contributed by atoms with Gasteiger partial charge in [-0.2, -0.15) is 0 Å². The fraction of sp³-hybridized carbons (Fsp3) is 1.00. The van der Waals surface area contributed by atoms with Crippen LogP contribution in [0.25, 0.3) is 0 Å². The molecule has 4 fully saturated rings. The van der Waals surface area contributed by atoms with Gasteiger partial charge in [-0.15, -0.1) is 0 Å². The predicted molar refractivity (Wildman–Crippen MR) is 83.2 cm³/mol. The summed E-state index contributed by atoms with van der Waals surface area (Å²) in [4.78, 5) is 0. The Labute approximate surface area is 120 Å². The van der Waals surface area contributed by atoms with Crippen molar-refractivity contribution in [1.29, 1.82) is 0 Å². The Morgan fingerprint density at radius 1 is 0.316 bits per heavy atom. The lowest BCUT2D eigenvalue weighted by Crippen LogP contribution is -2.38. The van der Waals surface area contributed by atoms with Crippen LogP contribution in [0.15, 0.2) is 0 Å². The van der Waals surface area contributed by atoms with Gasteiger partial charge in [-0.1, -0.05) is 70.6 Å². The molecular weight excluding hydrogens is 228 g/mol. The summed E-state index contributed by atoms with van der Waals surface area (Å²) in [6.45, 7) is 0. The molecular formula is C19H34. The van der Waals surface area contributed by atoms with Gasteiger partial charge >= 0.3 is 0 Å². The van der Waals surface area contributed by atoms with Crippen LogP contribution >= 0.6 is 0 Å². The average molecular weight is 262 g/mol. The van der Waals surface area contributed by atoms with Crippen molar-refractivity contribution < 1.29 is 0 Å². The van der Waals surface area contributed by atoms with E-state index in [4.69, 9.17) is 0 Å². The second-order valence-corrected chi connectivity index (χ2v) is 7.76. The summed E-state index contributed by atoms with van der Waals surface area (Å²) in [5.74, 6) is 4.65. The summed E-state index contributed by atoms with van der Waals surface area (Å²) in [6, 6.07) is 0. The van der Waals surface area contributed by atoms with Gasteiger partial charge in [0.1, 0.15) is 0 Å². The molecule has 4 unspecified atom stereocenters. The van der Waals surface area contributed by atoms with E-state index in [0.717, 1.165) is 11.8 Å². The molecule has 4 rings (SSSR count). The molecule has 0 aromatic heterocycles. The van der Waals surface area contributed by atoms with Crippen molar-refractivity contribution in [2.75, 3.05) is 0 Å². The lowest BCUT2D eigenvalue weighted by Gasteiger charge is -2.48. The Morgan fingerprint density at radius 2 is 0.684 bits per heavy atom. The standard InChI is InChI=1S/C14H24.C5H10/c1-3-7-13-11(5-1)9-10-12-6-2-4-8-14(12)13;1-2-4-5-3-1/h11-14H,1-10H2;1-5H2. The van der Waals surface area contributed by atoms with E-state index >= 15 is 0 Å². The normalized spacial score (nSPS) is 41.7. The monoisotopic (exact) mass is 262 g/mol. The number of rotatable bonds is 0. The van der Waals surface area contributed by atoms with Crippen molar-refractivity contribution in [3.05, 3.63) is 0 Å². The van der Waals surface area contributed by atoms with Gasteiger partial charge in [0.15, 0.2) is 0 Å². The van der Waals surface area contributed by atoms with Crippen LogP contribution in [0, 0.1) is 23.7 Å². The topological polar surface area (TPSA) is 0 Å². The maximum Gasteiger partial charge on any atom is -0.0355 e. The third-order valence-electron chi connectivity index (χ3n) is 6.64. The highest BCUT2D eigenvalue weighted by Crippen LogP contribution is 2.51. The molecule has 4 saturated carbocycles. The summed E-state index contributed by atoms with van der Waals surface area (Å²) in [6.07, 6.45) is 23.2. The van der Waals surface area contributed by atoms with E-state index in [-0.39, 0.29) is 0 Å². The SMILES string of the molecule is C1CCC2C(C1)CCC1CCCCC12.C1CCCC1. The first-order chi connectivity index (χ1) is 9.45. The van der Waals surface area contributed by atoms with Crippen LogP contribution in [0.2, 0.25) is 0 Å². The van der Waals surface area contributed by atoms with E-state index in [2.05, 4.69) is 0 Å². The summed E-state index contributed by atoms with van der Waals surface area (Å²) in [5, 5.41) is 0. The Kier molecular flexibility index (Phi) is 5.24. The summed E-state index contributed by atoms with van der Waals surface area (Å²) in [7, 11) is 0. The first kappa shape index (κ1) is 14.0. The zero-order valence-electron chi connectivity index (χ0n) is 12.9. The lowest BCUT2D eigenvalue weighted by atomic mass is 9.58. The molecule has 0 amide bonds. The molecule has 0 aromatic carbocycles. The fourth-order valence-corrected chi connectivity index (χ4v) is 5.63. The van der Waals surface area contributed by atoms with Gasteiger partial charge in [-0.25, -0.2) is 0 Å². The van der Waals surface area contributed by atoms with Crippen molar-refractivity contribution in [2.45, 2.75) is 96.3 Å². The maximum absolute atomic E-state index is 1.59. The second-order valence-electron chi connectivity index (χ2n) is 7.76. The molecule has 0 radical (unpaired) electrons. The Hall–Kier alpha value is 0. The Balaban J connectivity index is 0.000000187. The van der Waals surface area contributed by atoms with Gasteiger partial charge < -0.3 is 0 Å². The smallest absolute Gasteiger partial charge is 0.0355 e. The van der Waals surface area contributed by atoms with Crippen LogP contribution in [0.3, 0.4) is 0 Å². The Morgan fingerprint density at radius 3 is 1.11 bits per heavy atom. The highest BCUT2D eigenvalue weighted by molar-refractivity contribution is 4.91. The largest absolute Gasteiger partial charge is 0.0533 e. The molecule has 0 spiro atoms. The molecule has 0 bridgehead atoms. The van der Waals surface area contributed by atoms with Crippen LogP contribution in [-0.4, -0.2) is 0 Å². The molecule has 4 aliphatic rings. The molecule has 0 heterocycles. The average Bonchev–Trinajstić information content (AvgIpc) is 3.07. The first-order valence-corrected chi connectivity index (χ1v) is 9.45. The molecule has 0 N–H and O–H groups in total. The molecule has 4 aliphatic carbocycles. The quantitative estimate of drug-likeness (QED) is 0.477. The first-order valence-electron chi connectivity index (χ1n) is 9.45. The van der Waals surface area contributed by atoms with Crippen LogP contribution in [0.4, 0.5) is 0 Å². The third kappa shape index (κ3) is 3.56. The minimum atomic E-state index is 1.16. The molecule has 4 atom stereocenters. The fourth-order valence-electron chi connectivity index (χ4n) is 5.63. The van der Waals surface area contributed by atoms with Gasteiger partial charge in [0.25, 0.3) is 0 Å². The Bertz CT molecular complexity index is 223. The van der Waals surface area contributed by atoms with E-state index < -0.39 is 0 Å². The van der Waals surface area contributed by atoms with E-state index in [9.17, 15) is 0 Å². The molecule has 0 nitrogen and oxygen atoms in total. The van der Waals surface area contributed by atoms with Gasteiger partial charge in [0, 0.05) is 0 Å². The maximum atomic E-state index is 1.59.